The number of anilines is 1. The van der Waals surface area contributed by atoms with Crippen molar-refractivity contribution in [2.24, 2.45) is 0 Å². The molecule has 1 saturated heterocycles. The van der Waals surface area contributed by atoms with Crippen molar-refractivity contribution >= 4 is 22.5 Å². The van der Waals surface area contributed by atoms with Gasteiger partial charge in [-0.1, -0.05) is 30.3 Å². The molecule has 1 amide bonds. The number of aromatic amines is 1. The molecule has 0 saturated carbocycles. The molecule has 1 aromatic heterocycles. The van der Waals surface area contributed by atoms with Crippen LogP contribution in [0.2, 0.25) is 0 Å². The number of nitrogens with zero attached hydrogens (tertiary/aromatic N) is 3. The lowest BCUT2D eigenvalue weighted by Crippen LogP contribution is -2.49. The largest absolute Gasteiger partial charge is 0.378 e. The Labute approximate surface area is 194 Å². The number of aromatic nitrogens is 1. The maximum atomic E-state index is 13.2. The zero-order chi connectivity index (χ0) is 22.5. The Bertz CT molecular complexity index is 1350. The normalized spacial score (nSPS) is 17.8. The Kier molecular flexibility index (Phi) is 4.73. The van der Waals surface area contributed by atoms with E-state index in [-0.39, 0.29) is 11.9 Å². The number of H-pyrrole nitrogens is 1. The van der Waals surface area contributed by atoms with Gasteiger partial charge < -0.3 is 14.8 Å². The number of fused-ring (bicyclic) bond motifs is 4. The Morgan fingerprint density at radius 1 is 0.879 bits per heavy atom. The molecule has 5 nitrogen and oxygen atoms in total. The highest BCUT2D eigenvalue weighted by Gasteiger charge is 2.35. The Morgan fingerprint density at radius 2 is 1.67 bits per heavy atom. The number of hydrogen-bond donors (Lipinski definition) is 1. The molecule has 1 aliphatic heterocycles. The first kappa shape index (κ1) is 20.1. The minimum absolute atomic E-state index is 0.125. The molecule has 1 N–H and O–H groups in total. The third kappa shape index (κ3) is 3.31. The molecular formula is C28H28N4O. The zero-order valence-corrected chi connectivity index (χ0v) is 19.1. The van der Waals surface area contributed by atoms with Crippen LogP contribution in [-0.4, -0.2) is 61.0 Å². The molecule has 166 valence electrons. The highest BCUT2D eigenvalue weighted by atomic mass is 16.2. The summed E-state index contributed by atoms with van der Waals surface area (Å²) in [6, 6.07) is 23.7. The number of benzene rings is 3. The fourth-order valence-electron chi connectivity index (χ4n) is 5.39. The van der Waals surface area contributed by atoms with Crippen LogP contribution in [0.1, 0.15) is 27.5 Å². The smallest absolute Gasteiger partial charge is 0.253 e. The summed E-state index contributed by atoms with van der Waals surface area (Å²) in [6.45, 7) is 3.21. The lowest BCUT2D eigenvalue weighted by molar-refractivity contribution is 0.0600. The summed E-state index contributed by atoms with van der Waals surface area (Å²) in [5, 5.41) is 1.08. The van der Waals surface area contributed by atoms with Crippen molar-refractivity contribution in [1.82, 2.24) is 14.8 Å². The van der Waals surface area contributed by atoms with Crippen LogP contribution in [0.5, 0.6) is 0 Å². The summed E-state index contributed by atoms with van der Waals surface area (Å²) in [5.41, 5.74) is 8.47. The molecule has 6 rings (SSSR count). The molecule has 1 unspecified atom stereocenters. The van der Waals surface area contributed by atoms with E-state index in [1.165, 1.54) is 27.9 Å². The molecule has 3 aromatic carbocycles. The molecule has 1 fully saturated rings. The van der Waals surface area contributed by atoms with Crippen LogP contribution >= 0.6 is 0 Å². The van der Waals surface area contributed by atoms with Crippen LogP contribution in [0.4, 0.5) is 5.69 Å². The molecule has 1 atom stereocenters. The van der Waals surface area contributed by atoms with Crippen LogP contribution in [-0.2, 0) is 0 Å². The van der Waals surface area contributed by atoms with E-state index in [1.54, 1.807) is 0 Å². The highest BCUT2D eigenvalue weighted by Crippen LogP contribution is 2.47. The maximum absolute atomic E-state index is 13.2. The van der Waals surface area contributed by atoms with Gasteiger partial charge in [-0.25, -0.2) is 0 Å². The Balaban J connectivity index is 1.25. The lowest BCUT2D eigenvalue weighted by atomic mass is 10.0. The fraction of sp³-hybridized carbons (Fsp3) is 0.250. The second-order valence-corrected chi connectivity index (χ2v) is 9.26. The molecule has 5 heteroatoms. The monoisotopic (exact) mass is 436 g/mol. The molecule has 2 aliphatic rings. The minimum atomic E-state index is 0.125. The van der Waals surface area contributed by atoms with Crippen molar-refractivity contribution in [1.29, 1.82) is 0 Å². The molecule has 0 bridgehead atoms. The quantitative estimate of drug-likeness (QED) is 0.503. The molecular weight excluding hydrogens is 408 g/mol. The van der Waals surface area contributed by atoms with E-state index in [4.69, 9.17) is 0 Å². The SMILES string of the molecule is CN(C)c1ccc2c(c1)C(N1CCN(C(=O)c3ccc4[nH]ccc4c3)CC1)c1ccccc1-2. The van der Waals surface area contributed by atoms with Gasteiger partial charge in [0, 0.05) is 68.6 Å². The molecule has 2 heterocycles. The minimum Gasteiger partial charge on any atom is -0.378 e. The van der Waals surface area contributed by atoms with E-state index in [9.17, 15) is 4.79 Å². The van der Waals surface area contributed by atoms with Gasteiger partial charge in [0.25, 0.3) is 5.91 Å². The first-order valence-corrected chi connectivity index (χ1v) is 11.6. The van der Waals surface area contributed by atoms with Gasteiger partial charge in [0.1, 0.15) is 0 Å². The van der Waals surface area contributed by atoms with Gasteiger partial charge in [0.2, 0.25) is 0 Å². The highest BCUT2D eigenvalue weighted by molar-refractivity contribution is 5.98. The van der Waals surface area contributed by atoms with Crippen molar-refractivity contribution in [2.45, 2.75) is 6.04 Å². The molecule has 33 heavy (non-hydrogen) atoms. The second kappa shape index (κ2) is 7.78. The second-order valence-electron chi connectivity index (χ2n) is 9.26. The lowest BCUT2D eigenvalue weighted by Gasteiger charge is -2.39. The van der Waals surface area contributed by atoms with E-state index >= 15 is 0 Å². The number of amides is 1. The van der Waals surface area contributed by atoms with Gasteiger partial charge >= 0.3 is 0 Å². The predicted octanol–water partition coefficient (Wildman–Crippen LogP) is 4.76. The van der Waals surface area contributed by atoms with Crippen molar-refractivity contribution < 1.29 is 4.79 Å². The van der Waals surface area contributed by atoms with Gasteiger partial charge in [0.05, 0.1) is 6.04 Å². The van der Waals surface area contributed by atoms with E-state index in [1.807, 2.05) is 35.4 Å². The summed E-state index contributed by atoms with van der Waals surface area (Å²) >= 11 is 0. The number of nitrogens with one attached hydrogen (secondary N) is 1. The predicted molar refractivity (Wildman–Crippen MR) is 134 cm³/mol. The van der Waals surface area contributed by atoms with Crippen molar-refractivity contribution in [3.8, 4) is 11.1 Å². The number of carbonyl (C=O) groups excluding carboxylic acids is 1. The third-order valence-electron chi connectivity index (χ3n) is 7.16. The molecule has 1 aliphatic carbocycles. The Morgan fingerprint density at radius 3 is 2.48 bits per heavy atom. The summed E-state index contributed by atoms with van der Waals surface area (Å²) in [7, 11) is 4.18. The number of piperazine rings is 1. The molecule has 0 spiro atoms. The van der Waals surface area contributed by atoms with E-state index in [0.29, 0.717) is 0 Å². The number of carbonyl (C=O) groups is 1. The van der Waals surface area contributed by atoms with Crippen molar-refractivity contribution in [3.05, 3.63) is 89.6 Å². The first-order valence-electron chi connectivity index (χ1n) is 11.6. The summed E-state index contributed by atoms with van der Waals surface area (Å²) in [4.78, 5) is 23.1. The summed E-state index contributed by atoms with van der Waals surface area (Å²) in [6.07, 6.45) is 1.91. The first-order chi connectivity index (χ1) is 16.1. The van der Waals surface area contributed by atoms with Gasteiger partial charge in [-0.2, -0.15) is 0 Å². The summed E-state index contributed by atoms with van der Waals surface area (Å²) < 4.78 is 0. The maximum Gasteiger partial charge on any atom is 0.253 e. The van der Waals surface area contributed by atoms with E-state index in [2.05, 4.69) is 71.3 Å². The van der Waals surface area contributed by atoms with Crippen LogP contribution in [0, 0.1) is 0 Å². The number of hydrogen-bond acceptors (Lipinski definition) is 3. The molecule has 0 radical (unpaired) electrons. The van der Waals surface area contributed by atoms with Gasteiger partial charge in [0.15, 0.2) is 0 Å². The van der Waals surface area contributed by atoms with Crippen LogP contribution < -0.4 is 4.90 Å². The third-order valence-corrected chi connectivity index (χ3v) is 7.16. The average molecular weight is 437 g/mol. The zero-order valence-electron chi connectivity index (χ0n) is 19.1. The average Bonchev–Trinajstić information content (AvgIpc) is 3.45. The standard InChI is InChI=1S/C28H28N4O/c1-30(2)21-8-9-23-22-5-3-4-6-24(22)27(25(23)18-21)31-13-15-32(16-14-31)28(33)20-7-10-26-19(17-20)11-12-29-26/h3-12,17-18,27,29H,13-16H2,1-2H3. The molecule has 4 aromatic rings. The van der Waals surface area contributed by atoms with Crippen LogP contribution in [0.25, 0.3) is 22.0 Å². The van der Waals surface area contributed by atoms with E-state index in [0.717, 1.165) is 42.6 Å². The van der Waals surface area contributed by atoms with Crippen molar-refractivity contribution in [2.75, 3.05) is 45.2 Å². The van der Waals surface area contributed by atoms with Gasteiger partial charge in [-0.15, -0.1) is 0 Å². The number of rotatable bonds is 3. The Hall–Kier alpha value is -3.57. The van der Waals surface area contributed by atoms with Crippen LogP contribution in [0.3, 0.4) is 0 Å². The fourth-order valence-corrected chi connectivity index (χ4v) is 5.39. The van der Waals surface area contributed by atoms with Gasteiger partial charge in [-0.3, -0.25) is 9.69 Å². The topological polar surface area (TPSA) is 42.6 Å². The van der Waals surface area contributed by atoms with E-state index < -0.39 is 0 Å². The van der Waals surface area contributed by atoms with Gasteiger partial charge in [-0.05, 0) is 58.7 Å². The van der Waals surface area contributed by atoms with Crippen molar-refractivity contribution in [3.63, 3.8) is 0 Å². The van der Waals surface area contributed by atoms with Crippen LogP contribution in [0.15, 0.2) is 72.9 Å². The summed E-state index contributed by atoms with van der Waals surface area (Å²) in [5.74, 6) is 0.125.